The lowest BCUT2D eigenvalue weighted by Gasteiger charge is -2.33. The lowest BCUT2D eigenvalue weighted by molar-refractivity contribution is -0.160. The van der Waals surface area contributed by atoms with Gasteiger partial charge in [-0.2, -0.15) is 13.2 Å². The number of nitrogens with one attached hydrogen (secondary N) is 2. The van der Waals surface area contributed by atoms with E-state index in [0.29, 0.717) is 30.2 Å². The Balaban J connectivity index is 2.09. The summed E-state index contributed by atoms with van der Waals surface area (Å²) in [5, 5.41) is 13.8. The molecule has 2 rings (SSSR count). The third kappa shape index (κ3) is 5.39. The van der Waals surface area contributed by atoms with E-state index in [4.69, 9.17) is 5.11 Å². The smallest absolute Gasteiger partial charge is 0.407 e. The molecule has 8 heteroatoms. The molecule has 0 radical (unpaired) electrons. The molecule has 128 valence electrons. The van der Waals surface area contributed by atoms with E-state index >= 15 is 0 Å². The molecule has 1 unspecified atom stereocenters. The van der Waals surface area contributed by atoms with Crippen LogP contribution in [0.15, 0.2) is 28.7 Å². The monoisotopic (exact) mass is 394 g/mol. The Labute approximate surface area is 140 Å². The first-order chi connectivity index (χ1) is 10.8. The van der Waals surface area contributed by atoms with E-state index in [2.05, 4.69) is 26.6 Å². The summed E-state index contributed by atoms with van der Waals surface area (Å²) in [7, 11) is 0. The van der Waals surface area contributed by atoms with E-state index in [1.165, 1.54) is 12.1 Å². The van der Waals surface area contributed by atoms with Crippen molar-refractivity contribution in [2.75, 3.05) is 0 Å². The van der Waals surface area contributed by atoms with Crippen LogP contribution in [0.4, 0.5) is 18.0 Å². The minimum absolute atomic E-state index is 0.147. The fraction of sp³-hybridized carbons (Fsp3) is 0.533. The van der Waals surface area contributed by atoms with E-state index < -0.39 is 18.3 Å². The largest absolute Gasteiger partial charge is 0.465 e. The normalized spacial score (nSPS) is 23.3. The average molecular weight is 395 g/mol. The number of hydrogen-bond acceptors (Lipinski definition) is 2. The quantitative estimate of drug-likeness (QED) is 0.716. The van der Waals surface area contributed by atoms with Crippen molar-refractivity contribution in [3.63, 3.8) is 0 Å². The van der Waals surface area contributed by atoms with Gasteiger partial charge < -0.3 is 10.4 Å². The summed E-state index contributed by atoms with van der Waals surface area (Å²) in [6.07, 6.45) is -3.26. The van der Waals surface area contributed by atoms with Gasteiger partial charge in [0.05, 0.1) is 0 Å². The zero-order valence-electron chi connectivity index (χ0n) is 12.2. The van der Waals surface area contributed by atoms with Crippen molar-refractivity contribution in [2.24, 2.45) is 0 Å². The van der Waals surface area contributed by atoms with Gasteiger partial charge in [0.25, 0.3) is 0 Å². The first-order valence-corrected chi connectivity index (χ1v) is 8.12. The summed E-state index contributed by atoms with van der Waals surface area (Å²) in [6, 6.07) is 3.57. The van der Waals surface area contributed by atoms with Gasteiger partial charge >= 0.3 is 12.3 Å². The molecule has 1 aliphatic carbocycles. The molecule has 0 heterocycles. The number of alkyl halides is 3. The molecule has 1 amide bonds. The number of halogens is 4. The van der Waals surface area contributed by atoms with E-state index in [0.717, 1.165) is 0 Å². The molecule has 23 heavy (non-hydrogen) atoms. The first-order valence-electron chi connectivity index (χ1n) is 7.33. The number of carbonyl (C=O) groups is 1. The van der Waals surface area contributed by atoms with Crippen LogP contribution in [-0.2, 0) is 0 Å². The zero-order chi connectivity index (χ0) is 17.0. The Morgan fingerprint density at radius 2 is 1.83 bits per heavy atom. The number of amides is 1. The maximum atomic E-state index is 13.4. The Morgan fingerprint density at radius 3 is 2.39 bits per heavy atom. The van der Waals surface area contributed by atoms with Crippen molar-refractivity contribution < 1.29 is 23.1 Å². The fourth-order valence-electron chi connectivity index (χ4n) is 2.92. The Morgan fingerprint density at radius 1 is 1.22 bits per heavy atom. The maximum absolute atomic E-state index is 13.4. The standard InChI is InChI=1S/C15H18BrF3N2O2/c16-10-6-4-9(5-7-10)13(15(17,18)19)20-11-2-1-3-12(8-11)21-14(22)23/h4-7,11-13,20-21H,1-3,8H2,(H,22,23)/t11-,12+,13?/m0/s1. The lowest BCUT2D eigenvalue weighted by Crippen LogP contribution is -2.47. The highest BCUT2D eigenvalue weighted by molar-refractivity contribution is 9.10. The van der Waals surface area contributed by atoms with Gasteiger partial charge in [0.2, 0.25) is 0 Å². The van der Waals surface area contributed by atoms with Crippen molar-refractivity contribution in [3.05, 3.63) is 34.3 Å². The summed E-state index contributed by atoms with van der Waals surface area (Å²) in [4.78, 5) is 10.7. The van der Waals surface area contributed by atoms with E-state index in [-0.39, 0.29) is 17.6 Å². The Kier molecular flexibility index (Phi) is 5.91. The zero-order valence-corrected chi connectivity index (χ0v) is 13.8. The number of rotatable bonds is 4. The highest BCUT2D eigenvalue weighted by Gasteiger charge is 2.42. The van der Waals surface area contributed by atoms with E-state index in [9.17, 15) is 18.0 Å². The molecule has 3 N–H and O–H groups in total. The topological polar surface area (TPSA) is 61.4 Å². The Bertz CT molecular complexity index is 537. The predicted molar refractivity (Wildman–Crippen MR) is 83.3 cm³/mol. The molecule has 1 saturated carbocycles. The molecule has 0 spiro atoms. The molecule has 1 fully saturated rings. The van der Waals surface area contributed by atoms with Gasteiger partial charge in [-0.1, -0.05) is 28.1 Å². The number of hydrogen-bond donors (Lipinski definition) is 3. The predicted octanol–water partition coefficient (Wildman–Crippen LogP) is 4.22. The Hall–Kier alpha value is -1.28. The SMILES string of the molecule is O=C(O)N[C@@H]1CCC[C@H](NC(c2ccc(Br)cc2)C(F)(F)F)C1. The van der Waals surface area contributed by atoms with Crippen molar-refractivity contribution in [2.45, 2.75) is 50.0 Å². The fourth-order valence-corrected chi connectivity index (χ4v) is 3.18. The van der Waals surface area contributed by atoms with Crippen LogP contribution < -0.4 is 10.6 Å². The molecular formula is C15H18BrF3N2O2. The van der Waals surface area contributed by atoms with Crippen LogP contribution in [0.3, 0.4) is 0 Å². The second kappa shape index (κ2) is 7.53. The number of carboxylic acid groups (broad SMARTS) is 1. The number of benzene rings is 1. The summed E-state index contributed by atoms with van der Waals surface area (Å²) < 4.78 is 40.9. The van der Waals surface area contributed by atoms with Crippen LogP contribution in [-0.4, -0.2) is 29.5 Å². The van der Waals surface area contributed by atoms with Crippen LogP contribution >= 0.6 is 15.9 Å². The van der Waals surface area contributed by atoms with Crippen LogP contribution in [0.5, 0.6) is 0 Å². The minimum Gasteiger partial charge on any atom is -0.465 e. The molecular weight excluding hydrogens is 377 g/mol. The molecule has 0 saturated heterocycles. The maximum Gasteiger partial charge on any atom is 0.407 e. The third-order valence-electron chi connectivity index (χ3n) is 3.93. The van der Waals surface area contributed by atoms with Crippen LogP contribution in [0.25, 0.3) is 0 Å². The van der Waals surface area contributed by atoms with Gasteiger partial charge in [-0.05, 0) is 43.4 Å². The van der Waals surface area contributed by atoms with E-state index in [1.807, 2.05) is 0 Å². The molecule has 3 atom stereocenters. The lowest BCUT2D eigenvalue weighted by atomic mass is 9.90. The van der Waals surface area contributed by atoms with Crippen LogP contribution in [0.2, 0.25) is 0 Å². The van der Waals surface area contributed by atoms with Crippen molar-refractivity contribution in [3.8, 4) is 0 Å². The molecule has 0 aliphatic heterocycles. The van der Waals surface area contributed by atoms with Crippen molar-refractivity contribution >= 4 is 22.0 Å². The van der Waals surface area contributed by atoms with E-state index in [1.54, 1.807) is 12.1 Å². The van der Waals surface area contributed by atoms with Gasteiger partial charge in [0, 0.05) is 16.6 Å². The second-order valence-corrected chi connectivity index (χ2v) is 6.62. The second-order valence-electron chi connectivity index (χ2n) is 5.70. The molecule has 0 bridgehead atoms. The van der Waals surface area contributed by atoms with Gasteiger partial charge in [-0.25, -0.2) is 4.79 Å². The molecule has 1 aromatic rings. The average Bonchev–Trinajstić information content (AvgIpc) is 2.44. The summed E-state index contributed by atoms with van der Waals surface area (Å²) in [6.45, 7) is 0. The molecule has 1 aromatic carbocycles. The van der Waals surface area contributed by atoms with Gasteiger partial charge in [-0.3, -0.25) is 5.32 Å². The third-order valence-corrected chi connectivity index (χ3v) is 4.46. The minimum atomic E-state index is -4.42. The van der Waals surface area contributed by atoms with Crippen molar-refractivity contribution in [1.29, 1.82) is 0 Å². The molecule has 1 aliphatic rings. The van der Waals surface area contributed by atoms with Crippen LogP contribution in [0.1, 0.15) is 37.3 Å². The summed E-state index contributed by atoms with van der Waals surface area (Å²) in [5.41, 5.74) is 0.147. The molecule has 4 nitrogen and oxygen atoms in total. The van der Waals surface area contributed by atoms with Gasteiger partial charge in [0.15, 0.2) is 0 Å². The highest BCUT2D eigenvalue weighted by atomic mass is 79.9. The summed E-state index contributed by atoms with van der Waals surface area (Å²) in [5.74, 6) is 0. The van der Waals surface area contributed by atoms with Crippen LogP contribution in [0, 0.1) is 0 Å². The van der Waals surface area contributed by atoms with Gasteiger partial charge in [0.1, 0.15) is 6.04 Å². The highest BCUT2D eigenvalue weighted by Crippen LogP contribution is 2.35. The molecule has 0 aromatic heterocycles. The summed E-state index contributed by atoms with van der Waals surface area (Å²) >= 11 is 3.21. The first kappa shape index (κ1) is 18.1. The van der Waals surface area contributed by atoms with Gasteiger partial charge in [-0.15, -0.1) is 0 Å². The van der Waals surface area contributed by atoms with Crippen molar-refractivity contribution in [1.82, 2.24) is 10.6 Å².